The van der Waals surface area contributed by atoms with Crippen LogP contribution in [0.15, 0.2) is 36.4 Å². The number of amides is 4. The number of fused-ring (bicyclic) bond motifs is 1. The summed E-state index contributed by atoms with van der Waals surface area (Å²) in [7, 11) is 1.40. The molecule has 4 heterocycles. The molecule has 296 valence electrons. The van der Waals surface area contributed by atoms with Crippen molar-refractivity contribution in [1.82, 2.24) is 19.6 Å². The number of para-hydroxylation sites is 1. The molecule has 4 amide bonds. The summed E-state index contributed by atoms with van der Waals surface area (Å²) in [4.78, 5) is 56.7. The van der Waals surface area contributed by atoms with Gasteiger partial charge in [-0.2, -0.15) is 0 Å². The number of benzene rings is 2. The van der Waals surface area contributed by atoms with Crippen LogP contribution in [0.3, 0.4) is 0 Å². The van der Waals surface area contributed by atoms with E-state index in [1.165, 1.54) is 18.2 Å². The minimum Gasteiger partial charge on any atom is -0.465 e. The first-order valence-corrected chi connectivity index (χ1v) is 20.0. The Kier molecular flexibility index (Phi) is 14.6. The van der Waals surface area contributed by atoms with E-state index in [-0.39, 0.29) is 36.0 Å². The lowest BCUT2D eigenvalue weighted by Crippen LogP contribution is -2.50. The van der Waals surface area contributed by atoms with Gasteiger partial charge in [0.25, 0.3) is 0 Å². The van der Waals surface area contributed by atoms with Crippen molar-refractivity contribution >= 4 is 35.4 Å². The van der Waals surface area contributed by atoms with Crippen LogP contribution < -0.4 is 11.1 Å². The number of hydrogen-bond acceptors (Lipinski definition) is 8. The third-order valence-electron chi connectivity index (χ3n) is 11.9. The van der Waals surface area contributed by atoms with E-state index < -0.39 is 0 Å². The van der Waals surface area contributed by atoms with Crippen molar-refractivity contribution in [1.29, 1.82) is 0 Å². The zero-order chi connectivity index (χ0) is 38.8. The minimum atomic E-state index is -0.286. The third kappa shape index (κ3) is 10.7. The van der Waals surface area contributed by atoms with E-state index in [0.717, 1.165) is 100 Å². The second kappa shape index (κ2) is 19.3. The molecular weight excluding hydrogens is 684 g/mol. The first kappa shape index (κ1) is 40.9. The number of piperidine rings is 3. The van der Waals surface area contributed by atoms with Gasteiger partial charge >= 0.3 is 18.1 Å². The Hall–Kier alpha value is -4.32. The number of carbonyl (C=O) groups excluding carboxylic acids is 4. The highest BCUT2D eigenvalue weighted by molar-refractivity contribution is 5.91. The van der Waals surface area contributed by atoms with Crippen LogP contribution in [-0.2, 0) is 31.9 Å². The lowest BCUT2D eigenvalue weighted by molar-refractivity contribution is -0.144. The number of anilines is 2. The van der Waals surface area contributed by atoms with E-state index in [2.05, 4.69) is 40.2 Å². The number of rotatable bonds is 8. The van der Waals surface area contributed by atoms with Crippen LogP contribution in [0.1, 0.15) is 74.6 Å². The van der Waals surface area contributed by atoms with Gasteiger partial charge in [0, 0.05) is 56.1 Å². The molecule has 0 bridgehead atoms. The average Bonchev–Trinajstić information content (AvgIpc) is 3.35. The molecule has 54 heavy (non-hydrogen) atoms. The molecule has 2 aromatic carbocycles. The van der Waals surface area contributed by atoms with Gasteiger partial charge in [-0.1, -0.05) is 37.3 Å². The molecule has 6 rings (SSSR count). The molecule has 0 spiro atoms. The van der Waals surface area contributed by atoms with E-state index in [1.54, 1.807) is 4.90 Å². The first-order valence-electron chi connectivity index (χ1n) is 20.0. The Morgan fingerprint density at radius 1 is 0.870 bits per heavy atom. The van der Waals surface area contributed by atoms with Gasteiger partial charge in [-0.05, 0) is 125 Å². The summed E-state index contributed by atoms with van der Waals surface area (Å²) in [6.45, 7) is 14.5. The maximum atomic E-state index is 13.1. The molecule has 0 radical (unpaired) electrons. The Labute approximate surface area is 321 Å². The quantitative estimate of drug-likeness (QED) is 0.252. The molecule has 12 heteroatoms. The molecule has 3 fully saturated rings. The van der Waals surface area contributed by atoms with Crippen molar-refractivity contribution in [2.45, 2.75) is 85.1 Å². The number of nitrogen functional groups attached to an aromatic ring is 1. The molecule has 1 atom stereocenters. The Morgan fingerprint density at radius 3 is 2.07 bits per heavy atom. The predicted octanol–water partition coefficient (Wildman–Crippen LogP) is 5.89. The number of nitrogens with two attached hydrogens (primary N) is 1. The second-order valence-corrected chi connectivity index (χ2v) is 15.5. The van der Waals surface area contributed by atoms with Crippen molar-refractivity contribution in [3.8, 4) is 0 Å². The van der Waals surface area contributed by atoms with Crippen molar-refractivity contribution < 1.29 is 28.7 Å². The average molecular weight is 747 g/mol. The number of aryl methyl sites for hydroxylation is 2. The maximum absolute atomic E-state index is 13.1. The first-order chi connectivity index (χ1) is 26.0. The number of likely N-dealkylation sites (tertiary alicyclic amines) is 3. The highest BCUT2D eigenvalue weighted by Gasteiger charge is 2.33. The molecule has 0 aliphatic carbocycles. The molecule has 3 saturated heterocycles. The van der Waals surface area contributed by atoms with Crippen molar-refractivity contribution in [2.75, 3.05) is 77.1 Å². The van der Waals surface area contributed by atoms with Gasteiger partial charge in [-0.25, -0.2) is 9.59 Å². The molecule has 4 aliphatic heterocycles. The van der Waals surface area contributed by atoms with Crippen LogP contribution in [-0.4, -0.2) is 116 Å². The lowest BCUT2D eigenvalue weighted by atomic mass is 9.78. The Morgan fingerprint density at radius 2 is 1.46 bits per heavy atom. The number of carbonyl (C=O) groups is 4. The van der Waals surface area contributed by atoms with Crippen LogP contribution in [0.4, 0.5) is 21.0 Å². The SMILES string of the molecule is CCOC(=O)CN1CCC(C2CCN(C(=O)[C@H](C)Cc3cc(C)c(N)c(C)c3)CC2)CC1.COC(=O)N1CCC(N2CCc3ccccc3NC2=O)CC1. The number of methoxy groups -OCH3 is 1. The number of nitrogens with zero attached hydrogens (tertiary/aromatic N) is 4. The van der Waals surface area contributed by atoms with Crippen molar-refractivity contribution in [2.24, 2.45) is 17.8 Å². The summed E-state index contributed by atoms with van der Waals surface area (Å²) in [6.07, 6.45) is 7.39. The fourth-order valence-electron chi connectivity index (χ4n) is 8.72. The van der Waals surface area contributed by atoms with Gasteiger partial charge in [0.1, 0.15) is 0 Å². The normalized spacial score (nSPS) is 19.5. The summed E-state index contributed by atoms with van der Waals surface area (Å²) in [5.74, 6) is 1.56. The number of ether oxygens (including phenoxy) is 2. The second-order valence-electron chi connectivity index (χ2n) is 15.5. The minimum absolute atomic E-state index is 0.0138. The van der Waals surface area contributed by atoms with Crippen LogP contribution in [0, 0.1) is 31.6 Å². The number of nitrogens with one attached hydrogen (secondary N) is 1. The molecule has 0 unspecified atom stereocenters. The molecule has 2 aromatic rings. The van der Waals surface area contributed by atoms with Crippen molar-refractivity contribution in [3.05, 3.63) is 58.7 Å². The zero-order valence-electron chi connectivity index (χ0n) is 33.1. The van der Waals surface area contributed by atoms with E-state index in [0.29, 0.717) is 44.6 Å². The third-order valence-corrected chi connectivity index (χ3v) is 11.9. The number of hydrogen-bond donors (Lipinski definition) is 2. The van der Waals surface area contributed by atoms with Gasteiger partial charge in [0.2, 0.25) is 5.91 Å². The highest BCUT2D eigenvalue weighted by atomic mass is 16.5. The lowest BCUT2D eigenvalue weighted by Gasteiger charge is -2.40. The van der Waals surface area contributed by atoms with Gasteiger partial charge < -0.3 is 35.2 Å². The van der Waals surface area contributed by atoms with Gasteiger partial charge in [-0.3, -0.25) is 14.5 Å². The van der Waals surface area contributed by atoms with E-state index >= 15 is 0 Å². The summed E-state index contributed by atoms with van der Waals surface area (Å²) in [6, 6.07) is 12.3. The largest absolute Gasteiger partial charge is 0.465 e. The topological polar surface area (TPSA) is 138 Å². The highest BCUT2D eigenvalue weighted by Crippen LogP contribution is 2.33. The van der Waals surface area contributed by atoms with E-state index in [4.69, 9.17) is 15.2 Å². The standard InChI is InChI=1S/C26H41N3O3.C16H21N3O3/c1-5-32-24(30)17-28-10-6-22(7-11-28)23-8-12-29(13-9-23)26(31)20(4)16-21-14-18(2)25(27)19(3)15-21;1-22-16(21)18-9-7-13(8-10-18)19-11-6-12-4-2-3-5-14(12)17-15(19)20/h14-15,20,22-23H,5-13,16-17,27H2,1-4H3;2-5,13H,6-11H2,1H3,(H,17,20)/t20-;/m1./s1. The number of urea groups is 1. The van der Waals surface area contributed by atoms with Crippen molar-refractivity contribution in [3.63, 3.8) is 0 Å². The molecular formula is C42H62N6O6. The van der Waals surface area contributed by atoms with E-state index in [1.807, 2.05) is 43.9 Å². The summed E-state index contributed by atoms with van der Waals surface area (Å²) in [5.41, 5.74) is 12.4. The summed E-state index contributed by atoms with van der Waals surface area (Å²) >= 11 is 0. The molecule has 3 N–H and O–H groups in total. The number of esters is 1. The smallest absolute Gasteiger partial charge is 0.409 e. The monoisotopic (exact) mass is 746 g/mol. The summed E-state index contributed by atoms with van der Waals surface area (Å²) < 4.78 is 9.82. The zero-order valence-corrected chi connectivity index (χ0v) is 33.1. The molecule has 0 saturated carbocycles. The summed E-state index contributed by atoms with van der Waals surface area (Å²) in [5, 5.41) is 3.00. The molecule has 12 nitrogen and oxygen atoms in total. The van der Waals surface area contributed by atoms with Gasteiger partial charge in [0.15, 0.2) is 0 Å². The maximum Gasteiger partial charge on any atom is 0.409 e. The van der Waals surface area contributed by atoms with Crippen LogP contribution in [0.5, 0.6) is 0 Å². The fourth-order valence-corrected chi connectivity index (χ4v) is 8.72. The Bertz CT molecular complexity index is 1570. The molecule has 0 aromatic heterocycles. The van der Waals surface area contributed by atoms with Gasteiger partial charge in [0.05, 0.1) is 20.3 Å². The van der Waals surface area contributed by atoms with Crippen LogP contribution >= 0.6 is 0 Å². The van der Waals surface area contributed by atoms with Gasteiger partial charge in [-0.15, -0.1) is 0 Å². The van der Waals surface area contributed by atoms with Crippen LogP contribution in [0.2, 0.25) is 0 Å². The van der Waals surface area contributed by atoms with E-state index in [9.17, 15) is 19.2 Å². The molecule has 4 aliphatic rings. The van der Waals surface area contributed by atoms with Crippen LogP contribution in [0.25, 0.3) is 0 Å². The predicted molar refractivity (Wildman–Crippen MR) is 211 cm³/mol. The Balaban J connectivity index is 0.000000222. The fraction of sp³-hybridized carbons (Fsp3) is 0.619.